The van der Waals surface area contributed by atoms with Crippen LogP contribution in [-0.2, 0) is 10.8 Å². The Hall–Kier alpha value is -12.0. The van der Waals surface area contributed by atoms with Crippen molar-refractivity contribution in [1.82, 2.24) is 0 Å². The average Bonchev–Trinajstić information content (AvgIpc) is 0.918. The van der Waals surface area contributed by atoms with Crippen LogP contribution < -0.4 is 9.80 Å². The number of benzene rings is 15. The molecule has 0 saturated heterocycles. The molecule has 15 aromatic carbocycles. The SMILES string of the molecule is CC1(C)c2ccccc2-c2ccc(N(c3ccc4c(-c5ccc(-c6ccccc6)cc5)c5cc(N(c6ccc7c(c6)C(C)(C)c6ccccc6-7)c6cccc7c6oc6ccccc67)ccc5c(-c5ccc(-c6ccccc6)cc5)c4c3)c3cccc4c3oc3ccccc34)cc21. The Bertz CT molecular complexity index is 5640. The summed E-state index contributed by atoms with van der Waals surface area (Å²) in [4.78, 5) is 4.89. The largest absolute Gasteiger partial charge is 0.454 e. The molecule has 0 atom stereocenters. The van der Waals surface area contributed by atoms with Crippen molar-refractivity contribution < 1.29 is 8.83 Å². The summed E-state index contributed by atoms with van der Waals surface area (Å²) in [5, 5.41) is 8.85. The van der Waals surface area contributed by atoms with Gasteiger partial charge in [-0.3, -0.25) is 0 Å². The first-order valence-electron chi connectivity index (χ1n) is 33.4. The van der Waals surface area contributed by atoms with Gasteiger partial charge in [-0.2, -0.15) is 0 Å². The van der Waals surface area contributed by atoms with Crippen LogP contribution in [0.2, 0.25) is 0 Å². The predicted octanol–water partition coefficient (Wildman–Crippen LogP) is 26.0. The van der Waals surface area contributed by atoms with Crippen LogP contribution in [-0.4, -0.2) is 0 Å². The molecule has 0 bridgehead atoms. The molecule has 19 rings (SSSR count). The molecular weight excluding hydrogens is 1170 g/mol. The van der Waals surface area contributed by atoms with Crippen molar-refractivity contribution in [3.63, 3.8) is 0 Å². The highest BCUT2D eigenvalue weighted by Gasteiger charge is 2.38. The lowest BCUT2D eigenvalue weighted by Gasteiger charge is -2.30. The molecule has 17 aromatic rings. The number of para-hydroxylation sites is 4. The summed E-state index contributed by atoms with van der Waals surface area (Å²) in [5.41, 5.74) is 28.6. The molecule has 0 spiro atoms. The molecule has 0 N–H and O–H groups in total. The Morgan fingerprint density at radius 1 is 0.229 bits per heavy atom. The average molecular weight is 1230 g/mol. The van der Waals surface area contributed by atoms with Crippen molar-refractivity contribution >= 4 is 99.5 Å². The zero-order chi connectivity index (χ0) is 64.0. The van der Waals surface area contributed by atoms with Crippen LogP contribution in [0.4, 0.5) is 34.1 Å². The summed E-state index contributed by atoms with van der Waals surface area (Å²) in [6, 6.07) is 116. The minimum atomic E-state index is -0.235. The molecule has 4 heteroatoms. The van der Waals surface area contributed by atoms with Gasteiger partial charge in [-0.05, 0) is 183 Å². The van der Waals surface area contributed by atoms with Gasteiger partial charge in [-0.1, -0.05) is 270 Å². The van der Waals surface area contributed by atoms with E-state index in [-0.39, 0.29) is 10.8 Å². The van der Waals surface area contributed by atoms with Gasteiger partial charge in [0.15, 0.2) is 11.2 Å². The zero-order valence-corrected chi connectivity index (χ0v) is 53.7. The molecule has 96 heavy (non-hydrogen) atoms. The van der Waals surface area contributed by atoms with Gasteiger partial charge in [0.25, 0.3) is 0 Å². The highest BCUT2D eigenvalue weighted by atomic mass is 16.3. The molecule has 0 amide bonds. The summed E-state index contributed by atoms with van der Waals surface area (Å²) >= 11 is 0. The van der Waals surface area contributed by atoms with E-state index in [9.17, 15) is 0 Å². The van der Waals surface area contributed by atoms with Crippen LogP contribution >= 0.6 is 0 Å². The fourth-order valence-corrected chi connectivity index (χ4v) is 16.4. The van der Waals surface area contributed by atoms with Crippen molar-refractivity contribution in [2.75, 3.05) is 9.80 Å². The Labute approximate surface area is 557 Å². The molecule has 0 aliphatic heterocycles. The lowest BCUT2D eigenvalue weighted by molar-refractivity contribution is 0.660. The van der Waals surface area contributed by atoms with Crippen LogP contribution in [0.25, 0.3) is 132 Å². The maximum Gasteiger partial charge on any atom is 0.159 e. The van der Waals surface area contributed by atoms with Crippen molar-refractivity contribution in [2.24, 2.45) is 0 Å². The van der Waals surface area contributed by atoms with E-state index in [0.29, 0.717) is 0 Å². The molecule has 2 heterocycles. The van der Waals surface area contributed by atoms with Gasteiger partial charge in [0.1, 0.15) is 11.2 Å². The van der Waals surface area contributed by atoms with Crippen LogP contribution in [0.3, 0.4) is 0 Å². The zero-order valence-electron chi connectivity index (χ0n) is 53.7. The second-order valence-electron chi connectivity index (χ2n) is 27.1. The summed E-state index contributed by atoms with van der Waals surface area (Å²) in [6.45, 7) is 9.47. The van der Waals surface area contributed by atoms with Gasteiger partial charge >= 0.3 is 0 Å². The Morgan fingerprint density at radius 2 is 0.562 bits per heavy atom. The third-order valence-corrected chi connectivity index (χ3v) is 21.1. The van der Waals surface area contributed by atoms with E-state index in [1.54, 1.807) is 0 Å². The topological polar surface area (TPSA) is 32.8 Å². The van der Waals surface area contributed by atoms with Gasteiger partial charge in [0.05, 0.1) is 11.4 Å². The molecule has 0 unspecified atom stereocenters. The summed E-state index contributed by atoms with van der Waals surface area (Å²) < 4.78 is 14.0. The highest BCUT2D eigenvalue weighted by Crippen LogP contribution is 2.56. The van der Waals surface area contributed by atoms with Gasteiger partial charge in [-0.25, -0.2) is 0 Å². The predicted molar refractivity (Wildman–Crippen MR) is 402 cm³/mol. The van der Waals surface area contributed by atoms with Gasteiger partial charge < -0.3 is 18.6 Å². The number of hydrogen-bond acceptors (Lipinski definition) is 4. The molecule has 0 radical (unpaired) electrons. The van der Waals surface area contributed by atoms with Crippen molar-refractivity contribution in [2.45, 2.75) is 38.5 Å². The van der Waals surface area contributed by atoms with Gasteiger partial charge in [0, 0.05) is 55.1 Å². The maximum absolute atomic E-state index is 7.02. The number of rotatable bonds is 10. The Balaban J connectivity index is 0.902. The Kier molecular flexibility index (Phi) is 12.3. The third kappa shape index (κ3) is 8.48. The normalized spacial score (nSPS) is 13.4. The first kappa shape index (κ1) is 55.6. The lowest BCUT2D eigenvalue weighted by Crippen LogP contribution is -2.16. The minimum Gasteiger partial charge on any atom is -0.454 e. The van der Waals surface area contributed by atoms with Crippen LogP contribution in [0, 0.1) is 0 Å². The van der Waals surface area contributed by atoms with E-state index in [2.05, 4.69) is 353 Å². The molecule has 0 saturated carbocycles. The summed E-state index contributed by atoms with van der Waals surface area (Å²) in [6.07, 6.45) is 0. The van der Waals surface area contributed by atoms with Gasteiger partial charge in [0.2, 0.25) is 0 Å². The van der Waals surface area contributed by atoms with E-state index in [0.717, 1.165) is 133 Å². The van der Waals surface area contributed by atoms with E-state index in [4.69, 9.17) is 8.83 Å². The maximum atomic E-state index is 7.02. The van der Waals surface area contributed by atoms with Crippen LogP contribution in [0.1, 0.15) is 49.9 Å². The highest BCUT2D eigenvalue weighted by molar-refractivity contribution is 6.23. The molecular formula is C92H64N2O2. The van der Waals surface area contributed by atoms with Crippen molar-refractivity contribution in [3.05, 3.63) is 338 Å². The van der Waals surface area contributed by atoms with E-state index in [1.807, 2.05) is 0 Å². The van der Waals surface area contributed by atoms with Crippen LogP contribution in [0.15, 0.2) is 324 Å². The fourth-order valence-electron chi connectivity index (χ4n) is 16.4. The first-order chi connectivity index (χ1) is 47.1. The lowest BCUT2D eigenvalue weighted by atomic mass is 9.82. The van der Waals surface area contributed by atoms with Crippen molar-refractivity contribution in [3.8, 4) is 66.8 Å². The van der Waals surface area contributed by atoms with Crippen LogP contribution in [0.5, 0.6) is 0 Å². The minimum absolute atomic E-state index is 0.235. The second-order valence-corrected chi connectivity index (χ2v) is 27.1. The second kappa shape index (κ2) is 21.3. The summed E-state index contributed by atoms with van der Waals surface area (Å²) in [7, 11) is 0. The van der Waals surface area contributed by atoms with Gasteiger partial charge in [-0.15, -0.1) is 0 Å². The monoisotopic (exact) mass is 1230 g/mol. The Morgan fingerprint density at radius 3 is 1.00 bits per heavy atom. The number of anilines is 6. The standard InChI is InChI=1S/C92H64N2O2/c1-91(2)79-31-15-11-25-67(79)69-49-45-65(55-81(69)91)93(83-33-19-29-75-71-27-13-17-35-85(71)95-89(75)83)63-47-51-73-77(53-63)87(61-41-37-59(38-42-61)57-21-7-5-8-22-57)74-52-48-64(54-78(74)88(73)62-43-39-60(40-44-62)58-23-9-6-10-24-58)94(84-34-20-30-76-72-28-14-18-36-86(72)96-90(76)84)66-46-50-70-68-26-12-16-32-80(68)92(3,4)82(70)56-66/h5-56H,1-4H3. The molecule has 0 fully saturated rings. The molecule has 4 nitrogen and oxygen atoms in total. The fraction of sp³-hybridized carbons (Fsp3) is 0.0652. The van der Waals surface area contributed by atoms with E-state index >= 15 is 0 Å². The molecule has 2 aliphatic rings. The number of furan rings is 2. The van der Waals surface area contributed by atoms with Crippen molar-refractivity contribution in [1.29, 1.82) is 0 Å². The first-order valence-corrected chi connectivity index (χ1v) is 33.4. The smallest absolute Gasteiger partial charge is 0.159 e. The van der Waals surface area contributed by atoms with E-state index < -0.39 is 0 Å². The molecule has 2 aliphatic carbocycles. The molecule has 2 aromatic heterocycles. The summed E-state index contributed by atoms with van der Waals surface area (Å²) in [5.74, 6) is 0. The number of fused-ring (bicyclic) bond motifs is 14. The molecule has 454 valence electrons. The number of nitrogens with zero attached hydrogens (tertiary/aromatic N) is 2. The third-order valence-electron chi connectivity index (χ3n) is 21.1. The van der Waals surface area contributed by atoms with E-state index in [1.165, 1.54) is 55.6 Å². The number of hydrogen-bond donors (Lipinski definition) is 0. The quantitative estimate of drug-likeness (QED) is 0.128.